The SMILES string of the molecule is CCCCCCCCCCCCCC/C=C\CCCCCCCCCCCCCCCCC(=O)NC(COC1OC(CO)C(O)C(OS(=O)(=O)O)C1O)C(O)/C=C/CCCCCCCCCCCCCCCCCC. The largest absolute Gasteiger partial charge is 0.397 e. The summed E-state index contributed by atoms with van der Waals surface area (Å²) in [6.07, 6.45) is 56.7. The van der Waals surface area contributed by atoms with Crippen molar-refractivity contribution in [3.63, 3.8) is 0 Å². The van der Waals surface area contributed by atoms with Gasteiger partial charge >= 0.3 is 10.4 Å². The summed E-state index contributed by atoms with van der Waals surface area (Å²) in [6, 6.07) is -0.943. The first-order valence-electron chi connectivity index (χ1n) is 31.7. The van der Waals surface area contributed by atoms with E-state index < -0.39 is 59.9 Å². The lowest BCUT2D eigenvalue weighted by Gasteiger charge is -2.41. The van der Waals surface area contributed by atoms with Gasteiger partial charge in [-0.05, 0) is 44.9 Å². The first-order valence-corrected chi connectivity index (χ1v) is 33.1. The van der Waals surface area contributed by atoms with Crippen LogP contribution in [0.1, 0.15) is 309 Å². The molecule has 0 aromatic heterocycles. The molecular weight excluding hydrogens is 967 g/mol. The zero-order valence-corrected chi connectivity index (χ0v) is 49.2. The van der Waals surface area contributed by atoms with Crippen molar-refractivity contribution in [1.82, 2.24) is 5.32 Å². The zero-order chi connectivity index (χ0) is 54.7. The Bertz CT molecular complexity index is 1420. The Morgan fingerprint density at radius 1 is 0.520 bits per heavy atom. The molecule has 7 unspecified atom stereocenters. The molecule has 1 rings (SSSR count). The van der Waals surface area contributed by atoms with Crippen LogP contribution in [-0.2, 0) is 28.9 Å². The molecular formula is C62H119NO11S. The highest BCUT2D eigenvalue weighted by molar-refractivity contribution is 7.80. The molecule has 0 bridgehead atoms. The number of aliphatic hydroxyl groups is 4. The van der Waals surface area contributed by atoms with Gasteiger partial charge in [0.2, 0.25) is 5.91 Å². The van der Waals surface area contributed by atoms with Crippen LogP contribution in [-0.4, -0.2) is 95.4 Å². The fourth-order valence-corrected chi connectivity index (χ4v) is 10.8. The maximum absolute atomic E-state index is 13.2. The number of aliphatic hydroxyl groups excluding tert-OH is 4. The van der Waals surface area contributed by atoms with E-state index in [4.69, 9.17) is 9.47 Å². The van der Waals surface area contributed by atoms with Gasteiger partial charge in [-0.25, -0.2) is 4.18 Å². The molecule has 0 aromatic rings. The Morgan fingerprint density at radius 3 is 1.20 bits per heavy atom. The van der Waals surface area contributed by atoms with Gasteiger partial charge in [-0.1, -0.05) is 282 Å². The van der Waals surface area contributed by atoms with Crippen molar-refractivity contribution in [2.24, 2.45) is 0 Å². The van der Waals surface area contributed by atoms with Crippen LogP contribution in [0.25, 0.3) is 0 Å². The molecule has 444 valence electrons. The van der Waals surface area contributed by atoms with Crippen molar-refractivity contribution in [2.45, 2.75) is 352 Å². The van der Waals surface area contributed by atoms with Gasteiger partial charge in [-0.3, -0.25) is 9.35 Å². The zero-order valence-electron chi connectivity index (χ0n) is 48.4. The summed E-state index contributed by atoms with van der Waals surface area (Å²) >= 11 is 0. The van der Waals surface area contributed by atoms with Crippen LogP contribution in [0, 0.1) is 0 Å². The van der Waals surface area contributed by atoms with Crippen LogP contribution in [0.3, 0.4) is 0 Å². The fourth-order valence-electron chi connectivity index (χ4n) is 10.3. The number of nitrogens with one attached hydrogen (secondary N) is 1. The predicted octanol–water partition coefficient (Wildman–Crippen LogP) is 15.6. The normalized spacial score (nSPS) is 19.2. The summed E-state index contributed by atoms with van der Waals surface area (Å²) in [5.41, 5.74) is 0. The standard InChI is InChI=1S/C62H119NO11S/c1-3-5-7-9-11-13-15-17-19-21-23-24-25-26-27-28-29-30-31-32-33-34-36-38-40-42-44-46-48-50-52-58(66)63-55(54-72-62-60(68)61(74-75(69,70)71)59(67)57(53-64)73-62)56(65)51-49-47-45-43-41-39-37-35-22-20-18-16-14-12-10-8-6-4-2/h26-27,49,51,55-57,59-62,64-65,67-68H,3-25,28-48,50,52-54H2,1-2H3,(H,63,66)(H,69,70,71)/b27-26-,51-49+. The van der Waals surface area contributed by atoms with E-state index in [0.29, 0.717) is 6.42 Å². The molecule has 1 heterocycles. The van der Waals surface area contributed by atoms with Gasteiger partial charge in [-0.15, -0.1) is 0 Å². The first-order chi connectivity index (χ1) is 36.5. The molecule has 1 amide bonds. The van der Waals surface area contributed by atoms with Crippen LogP contribution < -0.4 is 5.32 Å². The highest BCUT2D eigenvalue weighted by Crippen LogP contribution is 2.26. The number of hydrogen-bond acceptors (Lipinski definition) is 10. The molecule has 1 aliphatic heterocycles. The lowest BCUT2D eigenvalue weighted by atomic mass is 9.99. The van der Waals surface area contributed by atoms with Gasteiger partial charge in [0.25, 0.3) is 0 Å². The van der Waals surface area contributed by atoms with E-state index in [1.807, 2.05) is 6.08 Å². The van der Waals surface area contributed by atoms with E-state index >= 15 is 0 Å². The van der Waals surface area contributed by atoms with Crippen LogP contribution >= 0.6 is 0 Å². The average molecular weight is 1090 g/mol. The molecule has 1 saturated heterocycles. The number of carbonyl (C=O) groups excluding carboxylic acids is 1. The quantitative estimate of drug-likeness (QED) is 0.0193. The molecule has 6 N–H and O–H groups in total. The van der Waals surface area contributed by atoms with Crippen molar-refractivity contribution in [2.75, 3.05) is 13.2 Å². The van der Waals surface area contributed by atoms with E-state index in [9.17, 15) is 38.2 Å². The number of allylic oxidation sites excluding steroid dienone is 3. The summed E-state index contributed by atoms with van der Waals surface area (Å²) in [4.78, 5) is 13.2. The minimum atomic E-state index is -5.09. The van der Waals surface area contributed by atoms with Crippen LogP contribution in [0.2, 0.25) is 0 Å². The molecule has 0 spiro atoms. The maximum atomic E-state index is 13.2. The number of hydrogen-bond donors (Lipinski definition) is 6. The van der Waals surface area contributed by atoms with Crippen molar-refractivity contribution in [3.8, 4) is 0 Å². The smallest absolute Gasteiger partial charge is 0.394 e. The van der Waals surface area contributed by atoms with Crippen LogP contribution in [0.4, 0.5) is 0 Å². The topological polar surface area (TPSA) is 192 Å². The summed E-state index contributed by atoms with van der Waals surface area (Å²) in [5.74, 6) is -0.257. The molecule has 1 fully saturated rings. The second kappa shape index (κ2) is 52.0. The molecule has 12 nitrogen and oxygen atoms in total. The Morgan fingerprint density at radius 2 is 0.853 bits per heavy atom. The lowest BCUT2D eigenvalue weighted by molar-refractivity contribution is -0.298. The second-order valence-electron chi connectivity index (χ2n) is 22.4. The molecule has 0 aliphatic carbocycles. The van der Waals surface area contributed by atoms with Gasteiger partial charge in [0.1, 0.15) is 24.4 Å². The summed E-state index contributed by atoms with van der Waals surface area (Å²) in [6.45, 7) is 3.44. The Balaban J connectivity index is 2.28. The molecule has 75 heavy (non-hydrogen) atoms. The Kier molecular flexibility index (Phi) is 49.6. The van der Waals surface area contributed by atoms with Crippen LogP contribution in [0.15, 0.2) is 24.3 Å². The highest BCUT2D eigenvalue weighted by atomic mass is 32.3. The average Bonchev–Trinajstić information content (AvgIpc) is 3.39. The summed E-state index contributed by atoms with van der Waals surface area (Å²) in [7, 11) is -5.09. The van der Waals surface area contributed by atoms with Crippen LogP contribution in [0.5, 0.6) is 0 Å². The highest BCUT2D eigenvalue weighted by Gasteiger charge is 2.48. The third-order valence-corrected chi connectivity index (χ3v) is 15.7. The molecule has 7 atom stereocenters. The minimum Gasteiger partial charge on any atom is -0.394 e. The predicted molar refractivity (Wildman–Crippen MR) is 310 cm³/mol. The third-order valence-electron chi connectivity index (χ3n) is 15.2. The van der Waals surface area contributed by atoms with Gasteiger partial charge in [0, 0.05) is 6.42 Å². The number of rotatable bonds is 56. The number of amides is 1. The maximum Gasteiger partial charge on any atom is 0.397 e. The number of carbonyl (C=O) groups is 1. The Hall–Kier alpha value is -1.42. The lowest BCUT2D eigenvalue weighted by Crippen LogP contribution is -2.61. The molecule has 0 aromatic carbocycles. The first kappa shape index (κ1) is 71.6. The van der Waals surface area contributed by atoms with Gasteiger partial charge in [0.15, 0.2) is 6.29 Å². The fraction of sp³-hybridized carbons (Fsp3) is 0.919. The van der Waals surface area contributed by atoms with Crippen molar-refractivity contribution >= 4 is 16.3 Å². The van der Waals surface area contributed by atoms with Crippen molar-refractivity contribution in [1.29, 1.82) is 0 Å². The van der Waals surface area contributed by atoms with E-state index in [1.54, 1.807) is 6.08 Å². The Labute approximate surface area is 461 Å². The minimum absolute atomic E-state index is 0.257. The molecule has 1 aliphatic rings. The summed E-state index contributed by atoms with van der Waals surface area (Å²) in [5, 5.41) is 45.0. The van der Waals surface area contributed by atoms with E-state index in [-0.39, 0.29) is 18.9 Å². The molecule has 0 radical (unpaired) electrons. The van der Waals surface area contributed by atoms with E-state index in [1.165, 1.54) is 244 Å². The van der Waals surface area contributed by atoms with Crippen molar-refractivity contribution in [3.05, 3.63) is 24.3 Å². The van der Waals surface area contributed by atoms with E-state index in [0.717, 1.165) is 38.5 Å². The van der Waals surface area contributed by atoms with E-state index in [2.05, 4.69) is 35.5 Å². The monoisotopic (exact) mass is 1090 g/mol. The van der Waals surface area contributed by atoms with Gasteiger partial charge < -0.3 is 35.2 Å². The summed E-state index contributed by atoms with van der Waals surface area (Å²) < 4.78 is 47.9. The van der Waals surface area contributed by atoms with Gasteiger partial charge in [0.05, 0.1) is 25.4 Å². The number of unbranched alkanes of at least 4 members (excludes halogenated alkanes) is 42. The molecule has 13 heteroatoms. The van der Waals surface area contributed by atoms with Crippen molar-refractivity contribution < 1.29 is 51.8 Å². The third kappa shape index (κ3) is 44.1. The van der Waals surface area contributed by atoms with Gasteiger partial charge in [-0.2, -0.15) is 8.42 Å². The number of ether oxygens (including phenoxy) is 2. The molecule has 0 saturated carbocycles. The second-order valence-corrected chi connectivity index (χ2v) is 23.4.